The van der Waals surface area contributed by atoms with E-state index in [-0.39, 0.29) is 28.3 Å². The molecule has 0 aliphatic rings. The lowest BCUT2D eigenvalue weighted by molar-refractivity contribution is -0.141. The molecule has 0 fully saturated rings. The number of halogens is 2. The van der Waals surface area contributed by atoms with Crippen LogP contribution in [0.4, 0.5) is 4.39 Å². The van der Waals surface area contributed by atoms with E-state index in [1.54, 1.807) is 0 Å². The van der Waals surface area contributed by atoms with E-state index in [1.807, 2.05) is 0 Å². The third-order valence-corrected chi connectivity index (χ3v) is 2.80. The maximum absolute atomic E-state index is 13.3. The second-order valence-electron chi connectivity index (χ2n) is 3.74. The summed E-state index contributed by atoms with van der Waals surface area (Å²) in [4.78, 5) is 10.7. The minimum absolute atomic E-state index is 0.0461. The predicted octanol–water partition coefficient (Wildman–Crippen LogP) is 2.76. The van der Waals surface area contributed by atoms with E-state index < -0.39 is 17.7 Å². The molecule has 16 heavy (non-hydrogen) atoms. The molecule has 0 spiro atoms. The molecule has 88 valence electrons. The second kappa shape index (κ2) is 4.70. The van der Waals surface area contributed by atoms with E-state index in [1.165, 1.54) is 13.8 Å². The molecule has 0 bridgehead atoms. The van der Waals surface area contributed by atoms with Crippen molar-refractivity contribution in [1.82, 2.24) is 0 Å². The number of benzene rings is 1. The number of aliphatic carboxylic acids is 1. The minimum atomic E-state index is -1.00. The molecule has 0 saturated heterocycles. The highest BCUT2D eigenvalue weighted by Crippen LogP contribution is 2.33. The Labute approximate surface area is 97.5 Å². The highest BCUT2D eigenvalue weighted by molar-refractivity contribution is 6.32. The normalized spacial score (nSPS) is 12.5. The number of carboxylic acids is 1. The van der Waals surface area contributed by atoms with Crippen molar-refractivity contribution in [3.8, 4) is 5.75 Å². The highest BCUT2D eigenvalue weighted by atomic mass is 35.5. The Morgan fingerprint density at radius 1 is 1.62 bits per heavy atom. The fourth-order valence-corrected chi connectivity index (χ4v) is 1.61. The summed E-state index contributed by atoms with van der Waals surface area (Å²) < 4.78 is 13.3. The Morgan fingerprint density at radius 3 is 2.69 bits per heavy atom. The molecule has 1 aromatic carbocycles. The van der Waals surface area contributed by atoms with Gasteiger partial charge in [0, 0.05) is 5.56 Å². The molecule has 0 aromatic heterocycles. The molecular formula is C11H12ClFO3. The Morgan fingerprint density at radius 2 is 2.19 bits per heavy atom. The van der Waals surface area contributed by atoms with Crippen molar-refractivity contribution in [2.24, 2.45) is 5.92 Å². The van der Waals surface area contributed by atoms with Crippen LogP contribution < -0.4 is 0 Å². The summed E-state index contributed by atoms with van der Waals surface area (Å²) in [5, 5.41) is 18.3. The number of aromatic hydroxyl groups is 1. The third kappa shape index (κ3) is 2.44. The van der Waals surface area contributed by atoms with Gasteiger partial charge in [0.15, 0.2) is 0 Å². The first-order chi connectivity index (χ1) is 7.34. The molecule has 1 unspecified atom stereocenters. The van der Waals surface area contributed by atoms with Gasteiger partial charge in [0.1, 0.15) is 11.6 Å². The van der Waals surface area contributed by atoms with Gasteiger partial charge in [-0.2, -0.15) is 0 Å². The van der Waals surface area contributed by atoms with E-state index in [0.29, 0.717) is 0 Å². The van der Waals surface area contributed by atoms with Crippen LogP contribution in [0, 0.1) is 18.7 Å². The molecule has 0 radical (unpaired) electrons. The molecule has 0 saturated carbocycles. The Hall–Kier alpha value is -1.29. The third-order valence-electron chi connectivity index (χ3n) is 2.51. The summed E-state index contributed by atoms with van der Waals surface area (Å²) in [5.74, 6) is -2.49. The van der Waals surface area contributed by atoms with Crippen LogP contribution in [0.15, 0.2) is 6.07 Å². The molecular weight excluding hydrogens is 235 g/mol. The van der Waals surface area contributed by atoms with Crippen molar-refractivity contribution in [2.45, 2.75) is 20.3 Å². The lowest BCUT2D eigenvalue weighted by atomic mass is 9.96. The van der Waals surface area contributed by atoms with Gasteiger partial charge in [-0.05, 0) is 25.0 Å². The van der Waals surface area contributed by atoms with Crippen molar-refractivity contribution in [2.75, 3.05) is 0 Å². The number of carboxylic acid groups (broad SMARTS) is 1. The predicted molar refractivity (Wildman–Crippen MR) is 58.3 cm³/mol. The van der Waals surface area contributed by atoms with E-state index in [4.69, 9.17) is 16.7 Å². The average Bonchev–Trinajstić information content (AvgIpc) is 2.21. The Bertz CT molecular complexity index is 405. The summed E-state index contributed by atoms with van der Waals surface area (Å²) in [6.45, 7) is 2.97. The minimum Gasteiger partial charge on any atom is -0.506 e. The van der Waals surface area contributed by atoms with Gasteiger partial charge in [0.2, 0.25) is 0 Å². The quantitative estimate of drug-likeness (QED) is 0.862. The van der Waals surface area contributed by atoms with E-state index >= 15 is 0 Å². The molecule has 1 atom stereocenters. The monoisotopic (exact) mass is 246 g/mol. The van der Waals surface area contributed by atoms with Gasteiger partial charge in [0.25, 0.3) is 0 Å². The van der Waals surface area contributed by atoms with Gasteiger partial charge >= 0.3 is 5.97 Å². The van der Waals surface area contributed by atoms with Crippen LogP contribution >= 0.6 is 11.6 Å². The van der Waals surface area contributed by atoms with Crippen LogP contribution in [0.25, 0.3) is 0 Å². The molecule has 0 aliphatic heterocycles. The van der Waals surface area contributed by atoms with E-state index in [2.05, 4.69) is 0 Å². The smallest absolute Gasteiger partial charge is 0.306 e. The zero-order chi connectivity index (χ0) is 12.5. The number of hydrogen-bond donors (Lipinski definition) is 2. The van der Waals surface area contributed by atoms with Gasteiger partial charge in [0.05, 0.1) is 10.9 Å². The van der Waals surface area contributed by atoms with Crippen LogP contribution in [0.5, 0.6) is 5.75 Å². The van der Waals surface area contributed by atoms with Gasteiger partial charge in [-0.15, -0.1) is 0 Å². The van der Waals surface area contributed by atoms with Gasteiger partial charge in [-0.25, -0.2) is 4.39 Å². The SMILES string of the molecule is Cc1c(F)cc(Cl)c(O)c1CC(C)C(=O)O. The fourth-order valence-electron chi connectivity index (χ4n) is 1.40. The first-order valence-electron chi connectivity index (χ1n) is 4.73. The largest absolute Gasteiger partial charge is 0.506 e. The number of rotatable bonds is 3. The number of phenols is 1. The number of carbonyl (C=O) groups is 1. The molecule has 0 aliphatic carbocycles. The maximum Gasteiger partial charge on any atom is 0.306 e. The van der Waals surface area contributed by atoms with Crippen LogP contribution in [0.3, 0.4) is 0 Å². The van der Waals surface area contributed by atoms with Crippen LogP contribution in [0.1, 0.15) is 18.1 Å². The summed E-state index contributed by atoms with van der Waals surface area (Å²) >= 11 is 5.62. The summed E-state index contributed by atoms with van der Waals surface area (Å²) in [6.07, 6.45) is 0.0461. The summed E-state index contributed by atoms with van der Waals surface area (Å²) in [5.41, 5.74) is 0.481. The lowest BCUT2D eigenvalue weighted by Crippen LogP contribution is -2.13. The van der Waals surface area contributed by atoms with Gasteiger partial charge in [-0.1, -0.05) is 18.5 Å². The van der Waals surface area contributed by atoms with Crippen molar-refractivity contribution in [3.05, 3.63) is 28.0 Å². The second-order valence-corrected chi connectivity index (χ2v) is 4.14. The summed E-state index contributed by atoms with van der Waals surface area (Å²) in [6, 6.07) is 1.02. The summed E-state index contributed by atoms with van der Waals surface area (Å²) in [7, 11) is 0. The van der Waals surface area contributed by atoms with Crippen molar-refractivity contribution >= 4 is 17.6 Å². The molecule has 5 heteroatoms. The average molecular weight is 247 g/mol. The highest BCUT2D eigenvalue weighted by Gasteiger charge is 2.19. The standard InChI is InChI=1S/C11H12ClFO3/c1-5(11(15)16)3-7-6(2)9(13)4-8(12)10(7)14/h4-5,14H,3H2,1-2H3,(H,15,16). The molecule has 1 rings (SSSR count). The topological polar surface area (TPSA) is 57.5 Å². The Kier molecular flexibility index (Phi) is 3.75. The van der Waals surface area contributed by atoms with Crippen LogP contribution in [0.2, 0.25) is 5.02 Å². The van der Waals surface area contributed by atoms with E-state index in [0.717, 1.165) is 6.07 Å². The molecule has 3 nitrogen and oxygen atoms in total. The number of phenolic OH excluding ortho intramolecular Hbond substituents is 1. The van der Waals surface area contributed by atoms with Crippen molar-refractivity contribution < 1.29 is 19.4 Å². The van der Waals surface area contributed by atoms with Gasteiger partial charge in [-0.3, -0.25) is 4.79 Å². The van der Waals surface area contributed by atoms with Gasteiger partial charge < -0.3 is 10.2 Å². The zero-order valence-corrected chi connectivity index (χ0v) is 9.68. The first-order valence-corrected chi connectivity index (χ1v) is 5.11. The molecule has 0 amide bonds. The van der Waals surface area contributed by atoms with Crippen molar-refractivity contribution in [1.29, 1.82) is 0 Å². The van der Waals surface area contributed by atoms with Crippen LogP contribution in [-0.2, 0) is 11.2 Å². The zero-order valence-electron chi connectivity index (χ0n) is 8.92. The van der Waals surface area contributed by atoms with Crippen molar-refractivity contribution in [3.63, 3.8) is 0 Å². The number of hydrogen-bond acceptors (Lipinski definition) is 2. The maximum atomic E-state index is 13.3. The Balaban J connectivity index is 3.17. The lowest BCUT2D eigenvalue weighted by Gasteiger charge is -2.13. The fraction of sp³-hybridized carbons (Fsp3) is 0.364. The molecule has 0 heterocycles. The molecule has 1 aromatic rings. The first kappa shape index (κ1) is 12.8. The van der Waals surface area contributed by atoms with E-state index in [9.17, 15) is 14.3 Å². The molecule has 2 N–H and O–H groups in total. The van der Waals surface area contributed by atoms with Crippen LogP contribution in [-0.4, -0.2) is 16.2 Å².